The summed E-state index contributed by atoms with van der Waals surface area (Å²) >= 11 is 1.71. The fourth-order valence-electron chi connectivity index (χ4n) is 3.84. The zero-order chi connectivity index (χ0) is 17.2. The lowest BCUT2D eigenvalue weighted by molar-refractivity contribution is -0.129. The van der Waals surface area contributed by atoms with Gasteiger partial charge in [0.2, 0.25) is 5.91 Å². The van der Waals surface area contributed by atoms with Crippen LogP contribution in [0.15, 0.2) is 60.0 Å². The molecule has 0 saturated carbocycles. The standard InChI is InChI=1S/C21H22N2OS.ClH/c22-11-17-12-23(13-19(17)15-6-2-1-3-7-15)21(24)10-16-14-25-20-9-5-4-8-18(16)20;/h1-9,14,17,19H,10-13,22H2;1H/t17-,19+;/m1./s1. The largest absolute Gasteiger partial charge is 0.341 e. The van der Waals surface area contributed by atoms with Gasteiger partial charge in [-0.15, -0.1) is 23.7 Å². The van der Waals surface area contributed by atoms with Gasteiger partial charge in [-0.05, 0) is 40.4 Å². The van der Waals surface area contributed by atoms with Crippen molar-refractivity contribution in [2.45, 2.75) is 12.3 Å². The van der Waals surface area contributed by atoms with Crippen LogP contribution in [-0.4, -0.2) is 30.4 Å². The number of thiophene rings is 1. The predicted molar refractivity (Wildman–Crippen MR) is 111 cm³/mol. The SMILES string of the molecule is Cl.NC[C@@H]1CN(C(=O)Cc2csc3ccccc23)C[C@H]1c1ccccc1. The molecule has 1 saturated heterocycles. The molecular weight excluding hydrogens is 364 g/mol. The van der Waals surface area contributed by atoms with Gasteiger partial charge in [0.1, 0.15) is 0 Å². The predicted octanol–water partition coefficient (Wildman–Crippen LogP) is 4.07. The zero-order valence-corrected chi connectivity index (χ0v) is 16.1. The van der Waals surface area contributed by atoms with Crippen molar-refractivity contribution < 1.29 is 4.79 Å². The van der Waals surface area contributed by atoms with Crippen LogP contribution < -0.4 is 5.73 Å². The van der Waals surface area contributed by atoms with Gasteiger partial charge in [0.05, 0.1) is 6.42 Å². The van der Waals surface area contributed by atoms with Gasteiger partial charge in [-0.25, -0.2) is 0 Å². The van der Waals surface area contributed by atoms with Crippen LogP contribution in [0.3, 0.4) is 0 Å². The number of halogens is 1. The first-order chi connectivity index (χ1) is 12.3. The third-order valence-corrected chi connectivity index (χ3v) is 6.24. The summed E-state index contributed by atoms with van der Waals surface area (Å²) in [6.07, 6.45) is 0.475. The molecule has 0 radical (unpaired) electrons. The first kappa shape index (κ1) is 18.9. The van der Waals surface area contributed by atoms with E-state index < -0.39 is 0 Å². The molecule has 2 aromatic carbocycles. The molecule has 26 heavy (non-hydrogen) atoms. The molecule has 1 fully saturated rings. The van der Waals surface area contributed by atoms with Crippen LogP contribution in [0.25, 0.3) is 10.1 Å². The maximum absolute atomic E-state index is 12.9. The van der Waals surface area contributed by atoms with Gasteiger partial charge < -0.3 is 10.6 Å². The van der Waals surface area contributed by atoms with E-state index in [1.807, 2.05) is 23.1 Å². The molecule has 1 aliphatic heterocycles. The van der Waals surface area contributed by atoms with Crippen LogP contribution in [0.5, 0.6) is 0 Å². The van der Waals surface area contributed by atoms with Crippen molar-refractivity contribution in [3.8, 4) is 0 Å². The van der Waals surface area contributed by atoms with Gasteiger partial charge in [-0.3, -0.25) is 4.79 Å². The average molecular weight is 387 g/mol. The van der Waals surface area contributed by atoms with Gasteiger partial charge in [0.25, 0.3) is 0 Å². The number of carbonyl (C=O) groups excluding carboxylic acids is 1. The molecule has 2 N–H and O–H groups in total. The van der Waals surface area contributed by atoms with Crippen LogP contribution in [-0.2, 0) is 11.2 Å². The van der Waals surface area contributed by atoms with Gasteiger partial charge >= 0.3 is 0 Å². The number of likely N-dealkylation sites (tertiary alicyclic amines) is 1. The van der Waals surface area contributed by atoms with E-state index >= 15 is 0 Å². The van der Waals surface area contributed by atoms with Crippen LogP contribution >= 0.6 is 23.7 Å². The molecule has 1 aromatic heterocycles. The summed E-state index contributed by atoms with van der Waals surface area (Å²) in [6, 6.07) is 18.7. The van der Waals surface area contributed by atoms with Crippen molar-refractivity contribution in [1.29, 1.82) is 0 Å². The number of amides is 1. The van der Waals surface area contributed by atoms with Crippen LogP contribution in [0.1, 0.15) is 17.0 Å². The third kappa shape index (κ3) is 3.63. The lowest BCUT2D eigenvalue weighted by Crippen LogP contribution is -2.31. The molecule has 0 aliphatic carbocycles. The Hall–Kier alpha value is -1.88. The summed E-state index contributed by atoms with van der Waals surface area (Å²) in [5, 5.41) is 3.32. The van der Waals surface area contributed by atoms with Crippen LogP contribution in [0.2, 0.25) is 0 Å². The number of nitrogens with two attached hydrogens (primary N) is 1. The Morgan fingerprint density at radius 1 is 1.08 bits per heavy atom. The Morgan fingerprint density at radius 2 is 1.81 bits per heavy atom. The second-order valence-electron chi connectivity index (χ2n) is 6.75. The summed E-state index contributed by atoms with van der Waals surface area (Å²) in [7, 11) is 0. The Balaban J connectivity index is 0.00000196. The topological polar surface area (TPSA) is 46.3 Å². The molecular formula is C21H23ClN2OS. The minimum Gasteiger partial charge on any atom is -0.341 e. The summed E-state index contributed by atoms with van der Waals surface area (Å²) in [4.78, 5) is 14.9. The maximum atomic E-state index is 12.9. The Morgan fingerprint density at radius 3 is 2.58 bits per heavy atom. The first-order valence-electron chi connectivity index (χ1n) is 8.74. The summed E-state index contributed by atoms with van der Waals surface area (Å²) in [5.41, 5.74) is 8.42. The molecule has 2 heterocycles. The normalized spacial score (nSPS) is 19.5. The quantitative estimate of drug-likeness (QED) is 0.734. The molecule has 5 heteroatoms. The van der Waals surface area contributed by atoms with E-state index in [0.29, 0.717) is 24.8 Å². The van der Waals surface area contributed by atoms with Crippen molar-refractivity contribution in [1.82, 2.24) is 4.90 Å². The molecule has 1 aliphatic rings. The molecule has 3 nitrogen and oxygen atoms in total. The third-order valence-electron chi connectivity index (χ3n) is 5.23. The minimum atomic E-state index is 0. The van der Waals surface area contributed by atoms with Crippen molar-refractivity contribution in [3.05, 3.63) is 71.1 Å². The van der Waals surface area contributed by atoms with Crippen molar-refractivity contribution in [2.75, 3.05) is 19.6 Å². The minimum absolute atomic E-state index is 0. The number of hydrogen-bond acceptors (Lipinski definition) is 3. The van der Waals surface area contributed by atoms with E-state index in [-0.39, 0.29) is 18.3 Å². The second kappa shape index (κ2) is 8.21. The van der Waals surface area contributed by atoms with E-state index in [4.69, 9.17) is 5.73 Å². The zero-order valence-electron chi connectivity index (χ0n) is 14.5. The monoisotopic (exact) mass is 386 g/mol. The number of fused-ring (bicyclic) bond motifs is 1. The molecule has 0 spiro atoms. The molecule has 4 rings (SSSR count). The molecule has 2 atom stereocenters. The Labute approximate surface area is 164 Å². The van der Waals surface area contributed by atoms with Crippen LogP contribution in [0, 0.1) is 5.92 Å². The molecule has 0 unspecified atom stereocenters. The van der Waals surface area contributed by atoms with E-state index in [9.17, 15) is 4.79 Å². The van der Waals surface area contributed by atoms with E-state index in [0.717, 1.165) is 18.7 Å². The molecule has 1 amide bonds. The van der Waals surface area contributed by atoms with Crippen LogP contribution in [0.4, 0.5) is 0 Å². The fraction of sp³-hybridized carbons (Fsp3) is 0.286. The molecule has 136 valence electrons. The van der Waals surface area contributed by atoms with E-state index in [1.54, 1.807) is 11.3 Å². The highest BCUT2D eigenvalue weighted by atomic mass is 35.5. The molecule has 0 bridgehead atoms. The van der Waals surface area contributed by atoms with Gasteiger partial charge in [0, 0.05) is 23.7 Å². The molecule has 3 aromatic rings. The number of benzene rings is 2. The van der Waals surface area contributed by atoms with Crippen molar-refractivity contribution in [2.24, 2.45) is 11.7 Å². The van der Waals surface area contributed by atoms with Gasteiger partial charge in [-0.2, -0.15) is 0 Å². The Bertz CT molecular complexity index is 880. The highest BCUT2D eigenvalue weighted by Gasteiger charge is 2.35. The maximum Gasteiger partial charge on any atom is 0.227 e. The van der Waals surface area contributed by atoms with E-state index in [2.05, 4.69) is 41.8 Å². The average Bonchev–Trinajstić information content (AvgIpc) is 3.27. The number of nitrogens with zero attached hydrogens (tertiary/aromatic N) is 1. The van der Waals surface area contributed by atoms with Crippen molar-refractivity contribution >= 4 is 39.7 Å². The number of carbonyl (C=O) groups is 1. The lowest BCUT2D eigenvalue weighted by Gasteiger charge is -2.17. The highest BCUT2D eigenvalue weighted by Crippen LogP contribution is 2.33. The van der Waals surface area contributed by atoms with Gasteiger partial charge in [0.15, 0.2) is 0 Å². The second-order valence-corrected chi connectivity index (χ2v) is 7.66. The lowest BCUT2D eigenvalue weighted by atomic mass is 9.89. The highest BCUT2D eigenvalue weighted by molar-refractivity contribution is 7.17. The smallest absolute Gasteiger partial charge is 0.227 e. The van der Waals surface area contributed by atoms with Gasteiger partial charge in [-0.1, -0.05) is 48.5 Å². The fourth-order valence-corrected chi connectivity index (χ4v) is 4.80. The van der Waals surface area contributed by atoms with E-state index in [1.165, 1.54) is 15.6 Å². The first-order valence-corrected chi connectivity index (χ1v) is 9.62. The summed E-state index contributed by atoms with van der Waals surface area (Å²) in [6.45, 7) is 2.15. The number of rotatable bonds is 4. The van der Waals surface area contributed by atoms with Crippen molar-refractivity contribution in [3.63, 3.8) is 0 Å². The summed E-state index contributed by atoms with van der Waals surface area (Å²) < 4.78 is 1.24. The summed E-state index contributed by atoms with van der Waals surface area (Å²) in [5.74, 6) is 0.889. The Kier molecular flexibility index (Phi) is 5.97. The number of hydrogen-bond donors (Lipinski definition) is 1.